The Balaban J connectivity index is 1.58. The zero-order valence-electron chi connectivity index (χ0n) is 12.2. The summed E-state index contributed by atoms with van der Waals surface area (Å²) in [7, 11) is 0. The van der Waals surface area contributed by atoms with Crippen molar-refractivity contribution in [1.29, 1.82) is 0 Å². The van der Waals surface area contributed by atoms with Gasteiger partial charge in [0.05, 0.1) is 0 Å². The second-order valence-electron chi connectivity index (χ2n) is 5.35. The van der Waals surface area contributed by atoms with E-state index in [1.807, 2.05) is 12.1 Å². The van der Waals surface area contributed by atoms with Gasteiger partial charge in [-0.3, -0.25) is 4.79 Å². The highest BCUT2D eigenvalue weighted by molar-refractivity contribution is 5.93. The predicted molar refractivity (Wildman–Crippen MR) is 82.3 cm³/mol. The van der Waals surface area contributed by atoms with Crippen LogP contribution in [0, 0.1) is 5.21 Å². The molecular formula is C16H18N4O2. The molecule has 1 aliphatic rings. The summed E-state index contributed by atoms with van der Waals surface area (Å²) in [5.41, 5.74) is 1.28. The molecule has 6 heteroatoms. The van der Waals surface area contributed by atoms with E-state index in [-0.39, 0.29) is 5.91 Å². The van der Waals surface area contributed by atoms with Gasteiger partial charge in [0.1, 0.15) is 11.4 Å². The van der Waals surface area contributed by atoms with Crippen LogP contribution in [-0.2, 0) is 6.54 Å². The fourth-order valence-corrected chi connectivity index (χ4v) is 2.53. The third-order valence-electron chi connectivity index (χ3n) is 3.73. The zero-order chi connectivity index (χ0) is 15.4. The number of anilines is 1. The van der Waals surface area contributed by atoms with Crippen molar-refractivity contribution in [1.82, 2.24) is 10.3 Å². The maximum absolute atomic E-state index is 12.0. The van der Waals surface area contributed by atoms with E-state index in [0.717, 1.165) is 24.5 Å². The van der Waals surface area contributed by atoms with Crippen LogP contribution >= 0.6 is 0 Å². The molecule has 1 fully saturated rings. The molecule has 2 aromatic heterocycles. The minimum absolute atomic E-state index is 0.270. The first-order chi connectivity index (χ1) is 10.7. The lowest BCUT2D eigenvalue weighted by Gasteiger charge is -2.16. The highest BCUT2D eigenvalue weighted by Gasteiger charge is 2.13. The maximum Gasteiger partial charge on any atom is 0.257 e. The second-order valence-corrected chi connectivity index (χ2v) is 5.35. The van der Waals surface area contributed by atoms with Crippen molar-refractivity contribution in [3.8, 4) is 0 Å². The monoisotopic (exact) mass is 298 g/mol. The van der Waals surface area contributed by atoms with E-state index < -0.39 is 0 Å². The molecule has 0 atom stereocenters. The number of carbonyl (C=O) groups is 1. The van der Waals surface area contributed by atoms with Gasteiger partial charge in [0.25, 0.3) is 5.91 Å². The molecule has 0 spiro atoms. The van der Waals surface area contributed by atoms with Crippen molar-refractivity contribution in [2.24, 2.45) is 0 Å². The van der Waals surface area contributed by atoms with Gasteiger partial charge in [-0.2, -0.15) is 4.73 Å². The third-order valence-corrected chi connectivity index (χ3v) is 3.73. The molecule has 0 aliphatic carbocycles. The fourth-order valence-electron chi connectivity index (χ4n) is 2.53. The van der Waals surface area contributed by atoms with Crippen LogP contribution in [0.5, 0.6) is 0 Å². The molecule has 0 aromatic carbocycles. The Labute approximate surface area is 129 Å². The smallest absolute Gasteiger partial charge is 0.257 e. The first kappa shape index (κ1) is 14.3. The van der Waals surface area contributed by atoms with E-state index in [9.17, 15) is 10.0 Å². The average molecular weight is 298 g/mol. The summed E-state index contributed by atoms with van der Waals surface area (Å²) in [5.74, 6) is 0.719. The average Bonchev–Trinajstić information content (AvgIpc) is 3.07. The van der Waals surface area contributed by atoms with Crippen LogP contribution in [0.2, 0.25) is 0 Å². The van der Waals surface area contributed by atoms with Crippen LogP contribution in [0.1, 0.15) is 28.8 Å². The van der Waals surface area contributed by atoms with Crippen molar-refractivity contribution < 1.29 is 9.52 Å². The van der Waals surface area contributed by atoms with Crippen molar-refractivity contribution in [3.63, 3.8) is 0 Å². The zero-order valence-corrected chi connectivity index (χ0v) is 12.2. The lowest BCUT2D eigenvalue weighted by molar-refractivity contribution is -0.605. The minimum Gasteiger partial charge on any atom is -0.619 e. The number of rotatable bonds is 4. The van der Waals surface area contributed by atoms with Gasteiger partial charge in [0, 0.05) is 31.9 Å². The molecule has 1 amide bonds. The minimum atomic E-state index is -0.270. The van der Waals surface area contributed by atoms with Gasteiger partial charge in [0.15, 0.2) is 12.4 Å². The van der Waals surface area contributed by atoms with E-state index in [1.165, 1.54) is 25.2 Å². The van der Waals surface area contributed by atoms with Crippen LogP contribution in [0.25, 0.3) is 0 Å². The van der Waals surface area contributed by atoms with Gasteiger partial charge in [-0.05, 0) is 30.5 Å². The van der Waals surface area contributed by atoms with E-state index in [4.69, 9.17) is 0 Å². The topological polar surface area (TPSA) is 72.2 Å². The van der Waals surface area contributed by atoms with E-state index in [2.05, 4.69) is 15.2 Å². The quantitative estimate of drug-likeness (QED) is 0.681. The van der Waals surface area contributed by atoms with Gasteiger partial charge in [-0.25, -0.2) is 4.98 Å². The number of pyridine rings is 2. The first-order valence-electron chi connectivity index (χ1n) is 7.39. The SMILES string of the molecule is O=C(NCc1ccc(N2CCCC2)nc1)c1ccc[n+]([O-])c1. The van der Waals surface area contributed by atoms with E-state index in [0.29, 0.717) is 16.8 Å². The molecule has 2 aromatic rings. The maximum atomic E-state index is 12.0. The summed E-state index contributed by atoms with van der Waals surface area (Å²) in [4.78, 5) is 18.7. The largest absolute Gasteiger partial charge is 0.619 e. The number of hydrogen-bond donors (Lipinski definition) is 1. The fraction of sp³-hybridized carbons (Fsp3) is 0.312. The Hall–Kier alpha value is -2.63. The van der Waals surface area contributed by atoms with Crippen LogP contribution in [0.3, 0.4) is 0 Å². The highest BCUT2D eigenvalue weighted by atomic mass is 16.5. The van der Waals surface area contributed by atoms with Gasteiger partial charge in [0.2, 0.25) is 0 Å². The molecule has 0 bridgehead atoms. The van der Waals surface area contributed by atoms with Crippen LogP contribution < -0.4 is 14.9 Å². The van der Waals surface area contributed by atoms with Gasteiger partial charge in [-0.1, -0.05) is 6.07 Å². The Bertz CT molecular complexity index is 651. The summed E-state index contributed by atoms with van der Waals surface area (Å²) >= 11 is 0. The standard InChI is InChI=1S/C16H18N4O2/c21-16(14-4-3-9-20(22)12-14)18-11-13-5-6-15(17-10-13)19-7-1-2-8-19/h3-6,9-10,12H,1-2,7-8,11H2,(H,18,21). The molecule has 3 heterocycles. The first-order valence-corrected chi connectivity index (χ1v) is 7.39. The molecule has 114 valence electrons. The highest BCUT2D eigenvalue weighted by Crippen LogP contribution is 2.17. The van der Waals surface area contributed by atoms with E-state index in [1.54, 1.807) is 18.3 Å². The Kier molecular flexibility index (Phi) is 4.18. The molecule has 1 aliphatic heterocycles. The van der Waals surface area contributed by atoms with Crippen molar-refractivity contribution >= 4 is 11.7 Å². The normalized spacial score (nSPS) is 14.1. The summed E-state index contributed by atoms with van der Waals surface area (Å²) in [6.45, 7) is 2.51. The van der Waals surface area contributed by atoms with Crippen molar-refractivity contribution in [3.05, 3.63) is 59.2 Å². The summed E-state index contributed by atoms with van der Waals surface area (Å²) in [6.07, 6.45) is 6.82. The number of nitrogens with zero attached hydrogens (tertiary/aromatic N) is 3. The second kappa shape index (κ2) is 6.43. The number of aromatic nitrogens is 2. The van der Waals surface area contributed by atoms with Crippen LogP contribution in [-0.4, -0.2) is 24.0 Å². The number of carbonyl (C=O) groups excluding carboxylic acids is 1. The third kappa shape index (κ3) is 3.33. The molecule has 3 rings (SSSR count). The van der Waals surface area contributed by atoms with Gasteiger partial charge >= 0.3 is 0 Å². The molecule has 0 radical (unpaired) electrons. The lowest BCUT2D eigenvalue weighted by Crippen LogP contribution is -2.29. The molecule has 1 N–H and O–H groups in total. The lowest BCUT2D eigenvalue weighted by atomic mass is 10.2. The van der Waals surface area contributed by atoms with Crippen LogP contribution in [0.4, 0.5) is 5.82 Å². The summed E-state index contributed by atoms with van der Waals surface area (Å²) < 4.78 is 0.612. The van der Waals surface area contributed by atoms with Crippen LogP contribution in [0.15, 0.2) is 42.9 Å². The molecule has 6 nitrogen and oxygen atoms in total. The Morgan fingerprint density at radius 3 is 2.82 bits per heavy atom. The molecule has 0 unspecified atom stereocenters. The van der Waals surface area contributed by atoms with Gasteiger partial charge in [-0.15, -0.1) is 0 Å². The van der Waals surface area contributed by atoms with Gasteiger partial charge < -0.3 is 15.4 Å². The number of hydrogen-bond acceptors (Lipinski definition) is 4. The Morgan fingerprint density at radius 1 is 1.32 bits per heavy atom. The number of nitrogens with one attached hydrogen (secondary N) is 1. The summed E-state index contributed by atoms with van der Waals surface area (Å²) in [6, 6.07) is 7.12. The predicted octanol–water partition coefficient (Wildman–Crippen LogP) is 1.25. The number of amides is 1. The molecule has 0 saturated carbocycles. The molecule has 22 heavy (non-hydrogen) atoms. The molecular weight excluding hydrogens is 280 g/mol. The van der Waals surface area contributed by atoms with Crippen molar-refractivity contribution in [2.75, 3.05) is 18.0 Å². The Morgan fingerprint density at radius 2 is 2.14 bits per heavy atom. The van der Waals surface area contributed by atoms with E-state index >= 15 is 0 Å². The van der Waals surface area contributed by atoms with Crippen molar-refractivity contribution in [2.45, 2.75) is 19.4 Å². The molecule has 1 saturated heterocycles. The summed E-state index contributed by atoms with van der Waals surface area (Å²) in [5, 5.41) is 13.9.